The molecule has 2 aromatic rings. The molecule has 0 amide bonds. The van der Waals surface area contributed by atoms with Gasteiger partial charge in [0.15, 0.2) is 11.5 Å². The van der Waals surface area contributed by atoms with E-state index in [1.807, 2.05) is 45.0 Å². The fourth-order valence-corrected chi connectivity index (χ4v) is 5.32. The molecule has 0 heterocycles. The second-order valence-electron chi connectivity index (χ2n) is 11.6. The molecule has 0 saturated heterocycles. The van der Waals surface area contributed by atoms with Crippen LogP contribution in [-0.2, 0) is 17.4 Å². The Morgan fingerprint density at radius 2 is 1.50 bits per heavy atom. The van der Waals surface area contributed by atoms with E-state index in [2.05, 4.69) is 50.7 Å². The van der Waals surface area contributed by atoms with Crippen molar-refractivity contribution in [1.29, 1.82) is 0 Å². The SMILES string of the molecule is COc1cc(CC[C@H](N[S@@](=O)C(C)(C)C)c2cccc(O[Si](C)(C)C(C)(C)C)c2)cc(OC)c1OC. The smallest absolute Gasteiger partial charge is 0.250 e. The van der Waals surface area contributed by atoms with E-state index in [-0.39, 0.29) is 15.8 Å². The van der Waals surface area contributed by atoms with Gasteiger partial charge in [0.05, 0.1) is 37.1 Å². The highest BCUT2D eigenvalue weighted by Crippen LogP contribution is 2.40. The lowest BCUT2D eigenvalue weighted by Crippen LogP contribution is -2.43. The molecule has 0 unspecified atom stereocenters. The second-order valence-corrected chi connectivity index (χ2v) is 18.3. The van der Waals surface area contributed by atoms with Crippen molar-refractivity contribution in [3.05, 3.63) is 47.5 Å². The average Bonchev–Trinajstić information content (AvgIpc) is 2.79. The molecule has 0 radical (unpaired) electrons. The van der Waals surface area contributed by atoms with Crippen molar-refractivity contribution in [1.82, 2.24) is 4.72 Å². The molecule has 2 rings (SSSR count). The summed E-state index contributed by atoms with van der Waals surface area (Å²) < 4.78 is 39.2. The number of aryl methyl sites for hydroxylation is 1. The Bertz CT molecular complexity index is 1020. The van der Waals surface area contributed by atoms with Crippen molar-refractivity contribution in [2.75, 3.05) is 21.3 Å². The number of hydrogen-bond donors (Lipinski definition) is 1. The first kappa shape index (κ1) is 30.2. The van der Waals surface area contributed by atoms with Crippen molar-refractivity contribution in [3.8, 4) is 23.0 Å². The fourth-order valence-electron chi connectivity index (χ4n) is 3.43. The van der Waals surface area contributed by atoms with E-state index >= 15 is 0 Å². The number of benzene rings is 2. The first-order valence-corrected chi connectivity index (χ1v) is 16.4. The Kier molecular flexibility index (Phi) is 10.1. The van der Waals surface area contributed by atoms with Crippen molar-refractivity contribution < 1.29 is 22.8 Å². The largest absolute Gasteiger partial charge is 0.543 e. The van der Waals surface area contributed by atoms with Crippen molar-refractivity contribution in [2.45, 2.75) is 83.3 Å². The average molecular weight is 536 g/mol. The molecule has 8 heteroatoms. The number of ether oxygens (including phenoxy) is 3. The van der Waals surface area contributed by atoms with Crippen LogP contribution in [0.1, 0.15) is 65.1 Å². The Labute approximate surface area is 221 Å². The van der Waals surface area contributed by atoms with Crippen LogP contribution in [0.5, 0.6) is 23.0 Å². The van der Waals surface area contributed by atoms with E-state index in [9.17, 15) is 4.21 Å². The number of rotatable bonds is 11. The maximum Gasteiger partial charge on any atom is 0.250 e. The summed E-state index contributed by atoms with van der Waals surface area (Å²) in [5.74, 6) is 2.68. The van der Waals surface area contributed by atoms with Gasteiger partial charge in [0.25, 0.3) is 0 Å². The summed E-state index contributed by atoms with van der Waals surface area (Å²) in [7, 11) is 1.61. The lowest BCUT2D eigenvalue weighted by Gasteiger charge is -2.36. The van der Waals surface area contributed by atoms with Crippen LogP contribution in [0.25, 0.3) is 0 Å². The minimum Gasteiger partial charge on any atom is -0.543 e. The monoisotopic (exact) mass is 535 g/mol. The van der Waals surface area contributed by atoms with Gasteiger partial charge in [-0.25, -0.2) is 8.93 Å². The van der Waals surface area contributed by atoms with E-state index in [0.717, 1.165) is 29.7 Å². The van der Waals surface area contributed by atoms with Gasteiger partial charge in [-0.3, -0.25) is 0 Å². The highest BCUT2D eigenvalue weighted by atomic mass is 32.2. The van der Waals surface area contributed by atoms with Crippen LogP contribution < -0.4 is 23.4 Å². The molecule has 0 aliphatic heterocycles. The molecule has 6 nitrogen and oxygen atoms in total. The molecule has 0 fully saturated rings. The predicted octanol–water partition coefficient (Wildman–Crippen LogP) is 6.82. The zero-order chi connectivity index (χ0) is 27.3. The van der Waals surface area contributed by atoms with E-state index in [0.29, 0.717) is 17.2 Å². The molecule has 2 aromatic carbocycles. The summed E-state index contributed by atoms with van der Waals surface area (Å²) >= 11 is 0. The van der Waals surface area contributed by atoms with Crippen molar-refractivity contribution in [2.24, 2.45) is 0 Å². The van der Waals surface area contributed by atoms with E-state index in [4.69, 9.17) is 18.6 Å². The maximum absolute atomic E-state index is 13.1. The van der Waals surface area contributed by atoms with Gasteiger partial charge in [-0.2, -0.15) is 0 Å². The number of nitrogens with one attached hydrogen (secondary N) is 1. The molecule has 36 heavy (non-hydrogen) atoms. The first-order chi connectivity index (χ1) is 16.6. The van der Waals surface area contributed by atoms with Crippen LogP contribution in [-0.4, -0.2) is 38.6 Å². The zero-order valence-electron chi connectivity index (χ0n) is 23.9. The Hall–Kier alpha value is -2.03. The maximum atomic E-state index is 13.1. The fraction of sp³-hybridized carbons (Fsp3) is 0.571. The van der Waals surface area contributed by atoms with E-state index < -0.39 is 19.3 Å². The number of hydrogen-bond acceptors (Lipinski definition) is 5. The molecule has 202 valence electrons. The summed E-state index contributed by atoms with van der Waals surface area (Å²) in [5, 5.41) is 0.0981. The summed E-state index contributed by atoms with van der Waals surface area (Å²) in [5.41, 5.74) is 2.10. The Balaban J connectivity index is 2.38. The van der Waals surface area contributed by atoms with Crippen LogP contribution in [0.4, 0.5) is 0 Å². The first-order valence-electron chi connectivity index (χ1n) is 12.4. The van der Waals surface area contributed by atoms with Gasteiger partial charge in [0.2, 0.25) is 14.1 Å². The minimum atomic E-state index is -1.99. The Morgan fingerprint density at radius 1 is 0.917 bits per heavy atom. The van der Waals surface area contributed by atoms with E-state index in [1.54, 1.807) is 21.3 Å². The molecule has 1 N–H and O–H groups in total. The third kappa shape index (κ3) is 7.73. The third-order valence-electron chi connectivity index (χ3n) is 6.69. The van der Waals surface area contributed by atoms with E-state index in [1.165, 1.54) is 0 Å². The van der Waals surface area contributed by atoms with Crippen LogP contribution in [0.3, 0.4) is 0 Å². The van der Waals surface area contributed by atoms with Gasteiger partial charge in [-0.05, 0) is 87.1 Å². The lowest BCUT2D eigenvalue weighted by atomic mass is 9.99. The topological polar surface area (TPSA) is 66.0 Å². The number of methoxy groups -OCH3 is 3. The second kappa shape index (κ2) is 12.0. The molecular weight excluding hydrogens is 490 g/mol. The molecule has 0 bridgehead atoms. The van der Waals surface area contributed by atoms with Gasteiger partial charge >= 0.3 is 0 Å². The molecule has 2 atom stereocenters. The molecule has 0 aliphatic carbocycles. The summed E-state index contributed by atoms with van der Waals surface area (Å²) in [6.07, 6.45) is 1.45. The highest BCUT2D eigenvalue weighted by molar-refractivity contribution is 7.84. The molecular formula is C28H45NO5SSi. The third-order valence-corrected chi connectivity index (χ3v) is 12.7. The predicted molar refractivity (Wildman–Crippen MR) is 152 cm³/mol. The summed E-state index contributed by atoms with van der Waals surface area (Å²) in [6, 6.07) is 12.0. The minimum absolute atomic E-state index is 0.0981. The standard InChI is InChI=1S/C28H45NO5SSi/c1-27(2,3)35(30)29-23(16-15-20-17-24(31-7)26(33-9)25(18-20)32-8)21-13-12-14-22(19-21)34-36(10,11)28(4,5)6/h12-14,17-19,23,29H,15-16H2,1-11H3/t23-,35-/m0/s1. The van der Waals surface area contributed by atoms with Gasteiger partial charge in [-0.15, -0.1) is 0 Å². The molecule has 0 aromatic heterocycles. The van der Waals surface area contributed by atoms with Gasteiger partial charge in [0, 0.05) is 6.04 Å². The van der Waals surface area contributed by atoms with Gasteiger partial charge in [0.1, 0.15) is 5.75 Å². The lowest BCUT2D eigenvalue weighted by molar-refractivity contribution is 0.323. The van der Waals surface area contributed by atoms with Crippen molar-refractivity contribution >= 4 is 19.3 Å². The van der Waals surface area contributed by atoms with Gasteiger partial charge < -0.3 is 18.6 Å². The molecule has 0 aliphatic rings. The van der Waals surface area contributed by atoms with Crippen LogP contribution >= 0.6 is 0 Å². The summed E-state index contributed by atoms with van der Waals surface area (Å²) in [6.45, 7) is 17.1. The molecule has 0 spiro atoms. The normalized spacial score (nSPS) is 14.2. The zero-order valence-corrected chi connectivity index (χ0v) is 25.7. The summed E-state index contributed by atoms with van der Waals surface area (Å²) in [4.78, 5) is 0. The van der Waals surface area contributed by atoms with Crippen molar-refractivity contribution in [3.63, 3.8) is 0 Å². The van der Waals surface area contributed by atoms with Crippen LogP contribution in [0.15, 0.2) is 36.4 Å². The van der Waals surface area contributed by atoms with Crippen LogP contribution in [0, 0.1) is 0 Å². The highest BCUT2D eigenvalue weighted by Gasteiger charge is 2.39. The van der Waals surface area contributed by atoms with Crippen LogP contribution in [0.2, 0.25) is 18.1 Å². The Morgan fingerprint density at radius 3 is 1.97 bits per heavy atom. The quantitative estimate of drug-likeness (QED) is 0.320. The van der Waals surface area contributed by atoms with Gasteiger partial charge in [-0.1, -0.05) is 32.9 Å². The molecule has 0 saturated carbocycles.